The third kappa shape index (κ3) is 5.82. The van der Waals surface area contributed by atoms with E-state index in [2.05, 4.69) is 32.7 Å². The summed E-state index contributed by atoms with van der Waals surface area (Å²) in [6.07, 6.45) is 4.37. The van der Waals surface area contributed by atoms with Crippen LogP contribution in [0.15, 0.2) is 47.6 Å². The van der Waals surface area contributed by atoms with E-state index in [9.17, 15) is 4.39 Å². The Labute approximate surface area is 211 Å². The summed E-state index contributed by atoms with van der Waals surface area (Å²) in [5.41, 5.74) is 1.17. The van der Waals surface area contributed by atoms with Gasteiger partial charge < -0.3 is 20.3 Å². The van der Waals surface area contributed by atoms with Gasteiger partial charge in [0.1, 0.15) is 0 Å². The minimum atomic E-state index is -0.284. The van der Waals surface area contributed by atoms with E-state index in [1.165, 1.54) is 11.6 Å². The molecule has 0 amide bonds. The Morgan fingerprint density at radius 1 is 1.31 bits per heavy atom. The second kappa shape index (κ2) is 11.5. The Balaban J connectivity index is 0.00000289. The van der Waals surface area contributed by atoms with E-state index in [0.717, 1.165) is 56.5 Å². The van der Waals surface area contributed by atoms with Crippen LogP contribution in [-0.2, 0) is 10.2 Å². The largest absolute Gasteiger partial charge is 0.381 e. The summed E-state index contributed by atoms with van der Waals surface area (Å²) < 4.78 is 19.7. The van der Waals surface area contributed by atoms with Crippen molar-refractivity contribution in [1.29, 1.82) is 0 Å². The van der Waals surface area contributed by atoms with Crippen LogP contribution in [0.5, 0.6) is 0 Å². The van der Waals surface area contributed by atoms with Crippen molar-refractivity contribution >= 4 is 47.4 Å². The predicted octanol–water partition coefficient (Wildman–Crippen LogP) is 3.98. The molecule has 32 heavy (non-hydrogen) atoms. The van der Waals surface area contributed by atoms with Gasteiger partial charge in [0.2, 0.25) is 0 Å². The van der Waals surface area contributed by atoms with E-state index in [1.807, 2.05) is 17.0 Å². The molecule has 2 aliphatic heterocycles. The molecule has 0 aliphatic carbocycles. The topological polar surface area (TPSA) is 61.8 Å². The quantitative estimate of drug-likeness (QED) is 0.322. The number of hydrogen-bond acceptors (Lipinski definition) is 4. The van der Waals surface area contributed by atoms with E-state index in [0.29, 0.717) is 12.4 Å². The smallest absolute Gasteiger partial charge is 0.191 e. The fraction of sp³-hybridized carbons (Fsp3) is 0.478. The van der Waals surface area contributed by atoms with Crippen molar-refractivity contribution in [2.75, 3.05) is 44.8 Å². The Bertz CT molecular complexity index is 925. The maximum Gasteiger partial charge on any atom is 0.191 e. The van der Waals surface area contributed by atoms with Gasteiger partial charge in [0, 0.05) is 62.6 Å². The first kappa shape index (κ1) is 25.0. The summed E-state index contributed by atoms with van der Waals surface area (Å²) in [6.45, 7) is 3.64. The van der Waals surface area contributed by atoms with Crippen LogP contribution in [-0.4, -0.2) is 56.9 Å². The van der Waals surface area contributed by atoms with Crippen molar-refractivity contribution in [1.82, 2.24) is 15.6 Å². The molecule has 1 aromatic carbocycles. The standard InChI is InChI=1S/C23H29ClFN5O.HI/c1-26-22(29-19-7-11-30(15-19)21-20(25)6-3-10-27-21)28-16-23(8-12-31-13-9-23)17-4-2-5-18(24)14-17;/h2-6,10,14,19H,7-9,11-13,15-16H2,1H3,(H2,26,28,29);1H. The highest BCUT2D eigenvalue weighted by molar-refractivity contribution is 14.0. The van der Waals surface area contributed by atoms with Gasteiger partial charge in [-0.2, -0.15) is 0 Å². The average Bonchev–Trinajstić information content (AvgIpc) is 3.26. The molecule has 0 bridgehead atoms. The first-order valence-electron chi connectivity index (χ1n) is 10.8. The van der Waals surface area contributed by atoms with Gasteiger partial charge in [0.25, 0.3) is 0 Å². The lowest BCUT2D eigenvalue weighted by molar-refractivity contribution is 0.0513. The van der Waals surface area contributed by atoms with Crippen LogP contribution < -0.4 is 15.5 Å². The average molecular weight is 574 g/mol. The number of nitrogens with zero attached hydrogens (tertiary/aromatic N) is 3. The molecule has 2 aliphatic rings. The summed E-state index contributed by atoms with van der Waals surface area (Å²) >= 11 is 6.28. The second-order valence-electron chi connectivity index (χ2n) is 8.21. The third-order valence-corrected chi connectivity index (χ3v) is 6.51. The summed E-state index contributed by atoms with van der Waals surface area (Å²) in [6, 6.07) is 11.3. The number of guanidine groups is 1. The molecule has 9 heteroatoms. The van der Waals surface area contributed by atoms with Crippen molar-refractivity contribution in [3.8, 4) is 0 Å². The molecule has 2 aromatic rings. The minimum absolute atomic E-state index is 0. The molecule has 2 N–H and O–H groups in total. The van der Waals surface area contributed by atoms with Gasteiger partial charge in [-0.25, -0.2) is 9.37 Å². The number of halogens is 3. The SMILES string of the molecule is CN=C(NCC1(c2cccc(Cl)c2)CCOCC1)NC1CCN(c2ncccc2F)C1.I. The molecule has 2 fully saturated rings. The molecule has 1 atom stereocenters. The van der Waals surface area contributed by atoms with E-state index in [4.69, 9.17) is 16.3 Å². The lowest BCUT2D eigenvalue weighted by Crippen LogP contribution is -2.50. The lowest BCUT2D eigenvalue weighted by Gasteiger charge is -2.38. The van der Waals surface area contributed by atoms with Crippen LogP contribution in [0.2, 0.25) is 5.02 Å². The molecule has 174 valence electrons. The first-order valence-corrected chi connectivity index (χ1v) is 11.1. The number of aliphatic imine (C=N–C) groups is 1. The van der Waals surface area contributed by atoms with E-state index < -0.39 is 0 Å². The van der Waals surface area contributed by atoms with E-state index in [-0.39, 0.29) is 41.3 Å². The Kier molecular flexibility index (Phi) is 8.95. The lowest BCUT2D eigenvalue weighted by atomic mass is 9.74. The third-order valence-electron chi connectivity index (χ3n) is 6.27. The predicted molar refractivity (Wildman–Crippen MR) is 138 cm³/mol. The van der Waals surface area contributed by atoms with Crippen molar-refractivity contribution < 1.29 is 9.13 Å². The minimum Gasteiger partial charge on any atom is -0.381 e. The van der Waals surface area contributed by atoms with Crippen molar-refractivity contribution in [3.63, 3.8) is 0 Å². The number of benzene rings is 1. The molecule has 6 nitrogen and oxygen atoms in total. The summed E-state index contributed by atoms with van der Waals surface area (Å²) in [5, 5.41) is 7.77. The van der Waals surface area contributed by atoms with Gasteiger partial charge in [0.05, 0.1) is 0 Å². The molecule has 1 unspecified atom stereocenters. The molecule has 3 heterocycles. The van der Waals surface area contributed by atoms with Gasteiger partial charge >= 0.3 is 0 Å². The van der Waals surface area contributed by atoms with Gasteiger partial charge in [-0.3, -0.25) is 4.99 Å². The van der Waals surface area contributed by atoms with Crippen LogP contribution in [0.25, 0.3) is 0 Å². The normalized spacial score (nSPS) is 20.5. The fourth-order valence-electron chi connectivity index (χ4n) is 4.47. The maximum absolute atomic E-state index is 14.1. The molecular formula is C23H30ClFIN5O. The molecular weight excluding hydrogens is 544 g/mol. The Morgan fingerprint density at radius 2 is 2.12 bits per heavy atom. The maximum atomic E-state index is 14.1. The fourth-order valence-corrected chi connectivity index (χ4v) is 4.66. The monoisotopic (exact) mass is 573 g/mol. The molecule has 1 aromatic heterocycles. The molecule has 2 saturated heterocycles. The van der Waals surface area contributed by atoms with E-state index >= 15 is 0 Å². The zero-order valence-corrected chi connectivity index (χ0v) is 21.3. The van der Waals surface area contributed by atoms with Crippen molar-refractivity contribution in [2.24, 2.45) is 4.99 Å². The number of anilines is 1. The van der Waals surface area contributed by atoms with Crippen LogP contribution >= 0.6 is 35.6 Å². The second-order valence-corrected chi connectivity index (χ2v) is 8.65. The number of ether oxygens (including phenoxy) is 1. The zero-order chi connectivity index (χ0) is 21.7. The van der Waals surface area contributed by atoms with Gasteiger partial charge in [0.15, 0.2) is 17.6 Å². The van der Waals surface area contributed by atoms with Crippen LogP contribution in [0.1, 0.15) is 24.8 Å². The van der Waals surface area contributed by atoms with Gasteiger partial charge in [-0.15, -0.1) is 24.0 Å². The molecule has 0 spiro atoms. The number of pyridine rings is 1. The Hall–Kier alpha value is -1.65. The first-order chi connectivity index (χ1) is 15.1. The summed E-state index contributed by atoms with van der Waals surface area (Å²) in [5.74, 6) is 0.881. The van der Waals surface area contributed by atoms with E-state index in [1.54, 1.807) is 19.3 Å². The number of nitrogens with one attached hydrogen (secondary N) is 2. The highest BCUT2D eigenvalue weighted by Gasteiger charge is 2.35. The highest BCUT2D eigenvalue weighted by Crippen LogP contribution is 2.35. The van der Waals surface area contributed by atoms with Crippen LogP contribution in [0.4, 0.5) is 10.2 Å². The zero-order valence-electron chi connectivity index (χ0n) is 18.2. The number of aromatic nitrogens is 1. The van der Waals surface area contributed by atoms with Crippen molar-refractivity contribution in [2.45, 2.75) is 30.7 Å². The summed E-state index contributed by atoms with van der Waals surface area (Å²) in [7, 11) is 1.77. The number of rotatable bonds is 5. The molecule has 4 rings (SSSR count). The molecule has 0 saturated carbocycles. The van der Waals surface area contributed by atoms with Crippen LogP contribution in [0, 0.1) is 5.82 Å². The van der Waals surface area contributed by atoms with Gasteiger partial charge in [-0.1, -0.05) is 23.7 Å². The van der Waals surface area contributed by atoms with Gasteiger partial charge in [-0.05, 0) is 49.1 Å². The highest BCUT2D eigenvalue weighted by atomic mass is 127. The summed E-state index contributed by atoms with van der Waals surface area (Å²) in [4.78, 5) is 10.6. The molecule has 0 radical (unpaired) electrons. The Morgan fingerprint density at radius 3 is 2.84 bits per heavy atom. The number of hydrogen-bond donors (Lipinski definition) is 2. The van der Waals surface area contributed by atoms with Crippen LogP contribution in [0.3, 0.4) is 0 Å². The van der Waals surface area contributed by atoms with Crippen molar-refractivity contribution in [3.05, 3.63) is 59.0 Å².